The summed E-state index contributed by atoms with van der Waals surface area (Å²) in [7, 11) is 1.48. The van der Waals surface area contributed by atoms with Gasteiger partial charge in [0.2, 0.25) is 10.0 Å². The van der Waals surface area contributed by atoms with E-state index in [0.717, 1.165) is 15.8 Å². The molecule has 0 aliphatic heterocycles. The fourth-order valence-electron chi connectivity index (χ4n) is 3.95. The van der Waals surface area contributed by atoms with Crippen LogP contribution >= 0.6 is 23.2 Å². The van der Waals surface area contributed by atoms with Crippen LogP contribution < -0.4 is 15.8 Å². The molecule has 0 aliphatic rings. The SMILES string of the molecule is CN(C)c1cccc2c(S(=O)(=O)N(C)CCNC(=O)c3ccc(-n4ncc(Cl)c(Cl)c4=O)cc3)cccc12. The van der Waals surface area contributed by atoms with Gasteiger partial charge in [-0.05, 0) is 36.4 Å². The molecular weight excluding hydrogens is 549 g/mol. The van der Waals surface area contributed by atoms with Gasteiger partial charge >= 0.3 is 0 Å². The minimum absolute atomic E-state index is 0.0506. The van der Waals surface area contributed by atoms with Crippen molar-refractivity contribution in [2.75, 3.05) is 39.1 Å². The average molecular weight is 574 g/mol. The first-order valence-corrected chi connectivity index (χ1v) is 13.7. The van der Waals surface area contributed by atoms with Gasteiger partial charge in [-0.15, -0.1) is 0 Å². The number of rotatable bonds is 8. The zero-order chi connectivity index (χ0) is 27.6. The van der Waals surface area contributed by atoms with E-state index in [1.807, 2.05) is 37.2 Å². The molecule has 1 aromatic heterocycles. The van der Waals surface area contributed by atoms with Gasteiger partial charge in [0.1, 0.15) is 5.02 Å². The van der Waals surface area contributed by atoms with Crippen LogP contribution in [0.4, 0.5) is 5.69 Å². The summed E-state index contributed by atoms with van der Waals surface area (Å²) < 4.78 is 29.0. The molecule has 0 saturated carbocycles. The number of sulfonamides is 1. The molecule has 1 N–H and O–H groups in total. The van der Waals surface area contributed by atoms with Gasteiger partial charge < -0.3 is 10.2 Å². The molecule has 3 aromatic carbocycles. The van der Waals surface area contributed by atoms with Crippen LogP contribution in [0.2, 0.25) is 10.0 Å². The molecule has 12 heteroatoms. The molecule has 0 aliphatic carbocycles. The normalized spacial score (nSPS) is 11.6. The second-order valence-electron chi connectivity index (χ2n) is 8.68. The molecule has 0 unspecified atom stereocenters. The molecule has 1 heterocycles. The zero-order valence-corrected chi connectivity index (χ0v) is 23.2. The Kier molecular flexibility index (Phi) is 8.08. The van der Waals surface area contributed by atoms with E-state index in [9.17, 15) is 18.0 Å². The Morgan fingerprint density at radius 2 is 1.63 bits per heavy atom. The van der Waals surface area contributed by atoms with Crippen LogP contribution in [0.15, 0.2) is 76.6 Å². The summed E-state index contributed by atoms with van der Waals surface area (Å²) >= 11 is 11.7. The molecule has 1 amide bonds. The van der Waals surface area contributed by atoms with E-state index in [1.54, 1.807) is 30.3 Å². The first-order valence-electron chi connectivity index (χ1n) is 11.5. The van der Waals surface area contributed by atoms with Crippen molar-refractivity contribution >= 4 is 55.6 Å². The summed E-state index contributed by atoms with van der Waals surface area (Å²) in [5, 5.41) is 8.05. The number of hydrogen-bond acceptors (Lipinski definition) is 6. The lowest BCUT2D eigenvalue weighted by molar-refractivity contribution is 0.0952. The molecule has 198 valence electrons. The monoisotopic (exact) mass is 573 g/mol. The average Bonchev–Trinajstić information content (AvgIpc) is 2.91. The van der Waals surface area contributed by atoms with E-state index in [1.165, 1.54) is 29.7 Å². The van der Waals surface area contributed by atoms with Crippen LogP contribution in [0, 0.1) is 0 Å². The predicted octanol–water partition coefficient (Wildman–Crippen LogP) is 3.81. The second kappa shape index (κ2) is 11.1. The van der Waals surface area contributed by atoms with Gasteiger partial charge in [-0.3, -0.25) is 9.59 Å². The number of carbonyl (C=O) groups is 1. The second-order valence-corrected chi connectivity index (χ2v) is 11.5. The van der Waals surface area contributed by atoms with Crippen molar-refractivity contribution in [2.45, 2.75) is 4.90 Å². The van der Waals surface area contributed by atoms with Crippen LogP contribution in [0.3, 0.4) is 0 Å². The molecule has 0 saturated heterocycles. The third-order valence-electron chi connectivity index (χ3n) is 5.99. The van der Waals surface area contributed by atoms with Gasteiger partial charge in [0.25, 0.3) is 11.5 Å². The molecule has 4 aromatic rings. The number of fused-ring (bicyclic) bond motifs is 1. The van der Waals surface area contributed by atoms with Crippen molar-refractivity contribution in [3.05, 3.63) is 92.8 Å². The van der Waals surface area contributed by atoms with Crippen LogP contribution in [0.25, 0.3) is 16.5 Å². The Bertz CT molecular complexity index is 1670. The molecule has 0 spiro atoms. The minimum atomic E-state index is -3.81. The van der Waals surface area contributed by atoms with E-state index >= 15 is 0 Å². The quantitative estimate of drug-likeness (QED) is 0.343. The maximum absolute atomic E-state index is 13.4. The highest BCUT2D eigenvalue weighted by atomic mass is 35.5. The smallest absolute Gasteiger partial charge is 0.291 e. The maximum atomic E-state index is 13.4. The summed E-state index contributed by atoms with van der Waals surface area (Å²) in [4.78, 5) is 27.0. The Labute approximate surface area is 230 Å². The van der Waals surface area contributed by atoms with Crippen LogP contribution in [-0.2, 0) is 10.0 Å². The number of likely N-dealkylation sites (N-methyl/N-ethyl adjacent to an activating group) is 1. The standard InChI is InChI=1S/C26H25Cl2N5O4S/c1-31(2)22-8-4-7-20-19(22)6-5-9-23(20)38(36,37)32(3)15-14-29-25(34)17-10-12-18(13-11-17)33-26(35)24(28)21(27)16-30-33/h4-13,16H,14-15H2,1-3H3,(H,29,34). The van der Waals surface area contributed by atoms with Gasteiger partial charge in [-0.2, -0.15) is 14.1 Å². The minimum Gasteiger partial charge on any atom is -0.377 e. The van der Waals surface area contributed by atoms with E-state index < -0.39 is 21.5 Å². The fourth-order valence-corrected chi connectivity index (χ4v) is 5.57. The van der Waals surface area contributed by atoms with Crippen molar-refractivity contribution in [2.24, 2.45) is 0 Å². The fraction of sp³-hybridized carbons (Fsp3) is 0.192. The number of aromatic nitrogens is 2. The number of anilines is 1. The van der Waals surface area contributed by atoms with Crippen LogP contribution in [0.1, 0.15) is 10.4 Å². The van der Waals surface area contributed by atoms with Crippen molar-refractivity contribution in [1.29, 1.82) is 0 Å². The third-order valence-corrected chi connectivity index (χ3v) is 8.66. The van der Waals surface area contributed by atoms with Crippen molar-refractivity contribution < 1.29 is 13.2 Å². The number of benzene rings is 3. The molecule has 38 heavy (non-hydrogen) atoms. The lowest BCUT2D eigenvalue weighted by Crippen LogP contribution is -2.36. The molecule has 0 bridgehead atoms. The summed E-state index contributed by atoms with van der Waals surface area (Å²) in [5.74, 6) is -0.391. The molecule has 9 nitrogen and oxygen atoms in total. The van der Waals surface area contributed by atoms with E-state index in [4.69, 9.17) is 23.2 Å². The molecule has 0 atom stereocenters. The topological polar surface area (TPSA) is 105 Å². The summed E-state index contributed by atoms with van der Waals surface area (Å²) in [5.41, 5.74) is 1.08. The van der Waals surface area contributed by atoms with Crippen molar-refractivity contribution in [1.82, 2.24) is 19.4 Å². The number of hydrogen-bond donors (Lipinski definition) is 1. The Morgan fingerprint density at radius 1 is 0.974 bits per heavy atom. The Hall–Kier alpha value is -3.44. The first kappa shape index (κ1) is 27.6. The van der Waals surface area contributed by atoms with Crippen LogP contribution in [0.5, 0.6) is 0 Å². The Morgan fingerprint density at radius 3 is 2.32 bits per heavy atom. The zero-order valence-electron chi connectivity index (χ0n) is 20.9. The maximum Gasteiger partial charge on any atom is 0.291 e. The van der Waals surface area contributed by atoms with Crippen LogP contribution in [-0.4, -0.2) is 62.6 Å². The largest absolute Gasteiger partial charge is 0.377 e. The summed E-state index contributed by atoms with van der Waals surface area (Å²) in [6.45, 7) is 0.163. The van der Waals surface area contributed by atoms with Gasteiger partial charge in [-0.1, -0.05) is 47.5 Å². The molecular formula is C26H25Cl2N5O4S. The van der Waals surface area contributed by atoms with Gasteiger partial charge in [0.05, 0.1) is 21.8 Å². The van der Waals surface area contributed by atoms with Gasteiger partial charge in [0, 0.05) is 56.3 Å². The number of halogens is 2. The van der Waals surface area contributed by atoms with E-state index in [0.29, 0.717) is 16.6 Å². The van der Waals surface area contributed by atoms with Crippen molar-refractivity contribution in [3.8, 4) is 5.69 Å². The first-order chi connectivity index (χ1) is 18.0. The van der Waals surface area contributed by atoms with Gasteiger partial charge in [0.15, 0.2) is 0 Å². The molecule has 0 radical (unpaired) electrons. The lowest BCUT2D eigenvalue weighted by atomic mass is 10.1. The van der Waals surface area contributed by atoms with E-state index in [2.05, 4.69) is 10.4 Å². The predicted molar refractivity (Wildman–Crippen MR) is 150 cm³/mol. The van der Waals surface area contributed by atoms with Crippen molar-refractivity contribution in [3.63, 3.8) is 0 Å². The summed E-state index contributed by atoms with van der Waals surface area (Å²) in [6, 6.07) is 16.9. The molecule has 4 rings (SSSR count). The third kappa shape index (κ3) is 5.39. The highest BCUT2D eigenvalue weighted by molar-refractivity contribution is 7.89. The van der Waals surface area contributed by atoms with E-state index in [-0.39, 0.29) is 28.0 Å². The van der Waals surface area contributed by atoms with Gasteiger partial charge in [-0.25, -0.2) is 8.42 Å². The number of nitrogens with zero attached hydrogens (tertiary/aromatic N) is 4. The number of amides is 1. The molecule has 0 fully saturated rings. The lowest BCUT2D eigenvalue weighted by Gasteiger charge is -2.20. The summed E-state index contributed by atoms with van der Waals surface area (Å²) in [6.07, 6.45) is 1.26. The number of carbonyl (C=O) groups excluding carboxylic acids is 1. The highest BCUT2D eigenvalue weighted by Crippen LogP contribution is 2.31. The highest BCUT2D eigenvalue weighted by Gasteiger charge is 2.23. The Balaban J connectivity index is 1.44. The number of nitrogens with one attached hydrogen (secondary N) is 1.